The second kappa shape index (κ2) is 10.8. The van der Waals surface area contributed by atoms with Crippen LogP contribution < -0.4 is 4.90 Å². The molecule has 0 spiro atoms. The van der Waals surface area contributed by atoms with Gasteiger partial charge in [0.15, 0.2) is 0 Å². The summed E-state index contributed by atoms with van der Waals surface area (Å²) in [7, 11) is 0. The second-order valence-electron chi connectivity index (χ2n) is 11.1. The Morgan fingerprint density at radius 2 is 1.17 bits per heavy atom. The number of hydrogen-bond donors (Lipinski definition) is 0. The lowest BCUT2D eigenvalue weighted by molar-refractivity contribution is 0.672. The fourth-order valence-electron chi connectivity index (χ4n) is 6.22. The Morgan fingerprint density at radius 3 is 2.04 bits per heavy atom. The fourth-order valence-corrected chi connectivity index (χ4v) is 6.22. The fraction of sp³-hybridized carbons (Fsp3) is 0. The van der Waals surface area contributed by atoms with Crippen LogP contribution in [0.5, 0.6) is 0 Å². The van der Waals surface area contributed by atoms with Crippen molar-refractivity contribution in [2.24, 2.45) is 0 Å². The Bertz CT molecular complexity index is 3010. The smallest absolute Gasteiger partial charge is 0.143 e. The van der Waals surface area contributed by atoms with Crippen molar-refractivity contribution >= 4 is 60.5 Å². The van der Waals surface area contributed by atoms with Gasteiger partial charge in [0, 0.05) is 22.1 Å². The third-order valence-corrected chi connectivity index (χ3v) is 8.38. The van der Waals surface area contributed by atoms with Crippen molar-refractivity contribution < 1.29 is 16.8 Å². The van der Waals surface area contributed by atoms with Crippen molar-refractivity contribution in [3.8, 4) is 22.3 Å². The molecule has 0 N–H and O–H groups in total. The topological polar surface area (TPSA) is 16.4 Å². The lowest BCUT2D eigenvalue weighted by Gasteiger charge is -2.27. The van der Waals surface area contributed by atoms with E-state index in [-0.39, 0.29) is 11.3 Å². The lowest BCUT2D eigenvalue weighted by atomic mass is 10.00. The molecule has 0 radical (unpaired) electrons. The van der Waals surface area contributed by atoms with E-state index in [0.717, 1.165) is 38.1 Å². The molecule has 0 unspecified atom stereocenters. The zero-order chi connectivity index (χ0) is 38.3. The standard InChI is InChI=1S/C44H29NO/c1-2-10-30(11-3-1)32-22-25-37(26-23-32)45(38-16-8-15-35(29-38)36-21-20-31-12-4-5-14-34(31)28-36)41-18-9-19-42-43(41)40-27-24-33-13-6-7-17-39(33)44(40)46-42/h1-29H/i1D,2D,3D,10D,11D,22D,23D,25D,26D. The highest BCUT2D eigenvalue weighted by atomic mass is 16.3. The molecule has 0 aliphatic carbocycles. The average Bonchev–Trinajstić information content (AvgIpc) is 3.61. The van der Waals surface area contributed by atoms with Crippen LogP contribution in [-0.2, 0) is 0 Å². The molecule has 0 aliphatic heterocycles. The Labute approximate surface area is 280 Å². The third-order valence-electron chi connectivity index (χ3n) is 8.38. The first-order chi connectivity index (χ1) is 26.5. The van der Waals surface area contributed by atoms with Crippen molar-refractivity contribution in [2.45, 2.75) is 0 Å². The summed E-state index contributed by atoms with van der Waals surface area (Å²) in [5.41, 5.74) is 3.26. The maximum Gasteiger partial charge on any atom is 0.143 e. The summed E-state index contributed by atoms with van der Waals surface area (Å²) in [6.45, 7) is 0. The summed E-state index contributed by atoms with van der Waals surface area (Å²) in [6, 6.07) is 34.2. The number of nitrogens with zero attached hydrogens (tertiary/aromatic N) is 1. The van der Waals surface area contributed by atoms with Crippen LogP contribution in [0.3, 0.4) is 0 Å². The van der Waals surface area contributed by atoms with Gasteiger partial charge >= 0.3 is 0 Å². The highest BCUT2D eigenvalue weighted by Gasteiger charge is 2.21. The number of fused-ring (bicyclic) bond motifs is 6. The number of rotatable bonds is 5. The molecule has 2 nitrogen and oxygen atoms in total. The maximum atomic E-state index is 9.48. The van der Waals surface area contributed by atoms with Gasteiger partial charge in [-0.25, -0.2) is 0 Å². The predicted molar refractivity (Wildman–Crippen MR) is 194 cm³/mol. The molecule has 1 aromatic heterocycles. The predicted octanol–water partition coefficient (Wildman–Crippen LogP) is 12.7. The van der Waals surface area contributed by atoms with Gasteiger partial charge in [0.05, 0.1) is 23.4 Å². The number of furan rings is 1. The van der Waals surface area contributed by atoms with Crippen LogP contribution in [0, 0.1) is 0 Å². The van der Waals surface area contributed by atoms with Gasteiger partial charge in [0.2, 0.25) is 0 Å². The first kappa shape index (κ1) is 18.6. The summed E-state index contributed by atoms with van der Waals surface area (Å²) < 4.78 is 85.7. The second-order valence-corrected chi connectivity index (χ2v) is 11.1. The van der Waals surface area contributed by atoms with Gasteiger partial charge in [0.1, 0.15) is 11.2 Å². The molecular formula is C44H29NO. The molecule has 0 atom stereocenters. The van der Waals surface area contributed by atoms with Crippen LogP contribution in [0.25, 0.3) is 65.7 Å². The van der Waals surface area contributed by atoms with E-state index in [1.165, 1.54) is 0 Å². The molecule has 9 rings (SSSR count). The normalized spacial score (nSPS) is 14.2. The summed E-state index contributed by atoms with van der Waals surface area (Å²) >= 11 is 0. The Kier molecular flexibility index (Phi) is 4.37. The molecule has 216 valence electrons. The SMILES string of the molecule is [2H]c1c([2H])c([2H])c(-c2c([2H])c([2H])c(N(c3cccc(-c4ccc5ccccc5c4)c3)c3cccc4oc5c6ccccc6ccc5c34)c([2H])c2[2H])c([2H])c1[2H]. The zero-order valence-corrected chi connectivity index (χ0v) is 24.4. The highest BCUT2D eigenvalue weighted by molar-refractivity contribution is 6.19. The maximum absolute atomic E-state index is 9.48. The van der Waals surface area contributed by atoms with E-state index in [1.807, 2.05) is 109 Å². The van der Waals surface area contributed by atoms with E-state index in [2.05, 4.69) is 12.1 Å². The lowest BCUT2D eigenvalue weighted by Crippen LogP contribution is -2.10. The van der Waals surface area contributed by atoms with E-state index >= 15 is 0 Å². The molecule has 0 saturated heterocycles. The molecule has 0 aliphatic rings. The third kappa shape index (κ3) is 4.43. The number of hydrogen-bond acceptors (Lipinski definition) is 2. The van der Waals surface area contributed by atoms with Gasteiger partial charge in [-0.2, -0.15) is 0 Å². The van der Waals surface area contributed by atoms with Crippen molar-refractivity contribution in [1.29, 1.82) is 0 Å². The van der Waals surface area contributed by atoms with Crippen molar-refractivity contribution in [2.75, 3.05) is 4.90 Å². The first-order valence-electron chi connectivity index (χ1n) is 19.4. The minimum absolute atomic E-state index is 0.0792. The Balaban J connectivity index is 1.35. The summed E-state index contributed by atoms with van der Waals surface area (Å²) in [5, 5.41) is 5.57. The quantitative estimate of drug-likeness (QED) is 0.196. The van der Waals surface area contributed by atoms with Crippen molar-refractivity contribution in [3.63, 3.8) is 0 Å². The molecular weight excluding hydrogens is 558 g/mol. The molecule has 8 aromatic carbocycles. The number of anilines is 3. The van der Waals surface area contributed by atoms with Gasteiger partial charge in [-0.05, 0) is 86.9 Å². The van der Waals surface area contributed by atoms with Gasteiger partial charge in [-0.1, -0.05) is 127 Å². The van der Waals surface area contributed by atoms with Crippen LogP contribution in [0.15, 0.2) is 180 Å². The summed E-state index contributed by atoms with van der Waals surface area (Å²) in [4.78, 5) is 1.70. The van der Waals surface area contributed by atoms with Gasteiger partial charge < -0.3 is 9.32 Å². The van der Waals surface area contributed by atoms with Crippen LogP contribution in [0.2, 0.25) is 0 Å². The monoisotopic (exact) mass is 596 g/mol. The van der Waals surface area contributed by atoms with Crippen LogP contribution >= 0.6 is 0 Å². The first-order valence-corrected chi connectivity index (χ1v) is 14.9. The van der Waals surface area contributed by atoms with E-state index in [1.54, 1.807) is 4.90 Å². The number of benzene rings is 8. The molecule has 46 heavy (non-hydrogen) atoms. The van der Waals surface area contributed by atoms with E-state index in [4.69, 9.17) is 11.3 Å². The van der Waals surface area contributed by atoms with Crippen molar-refractivity contribution in [1.82, 2.24) is 0 Å². The molecule has 0 saturated carbocycles. The average molecular weight is 597 g/mol. The van der Waals surface area contributed by atoms with Crippen molar-refractivity contribution in [3.05, 3.63) is 176 Å². The molecule has 9 aromatic rings. The molecule has 1 heterocycles. The zero-order valence-electron chi connectivity index (χ0n) is 33.4. The molecule has 2 heteroatoms. The van der Waals surface area contributed by atoms with Gasteiger partial charge in [0.25, 0.3) is 0 Å². The van der Waals surface area contributed by atoms with Crippen LogP contribution in [0.4, 0.5) is 17.1 Å². The Morgan fingerprint density at radius 1 is 0.457 bits per heavy atom. The largest absolute Gasteiger partial charge is 0.455 e. The highest BCUT2D eigenvalue weighted by Crippen LogP contribution is 2.45. The Hall–Kier alpha value is -6.12. The van der Waals surface area contributed by atoms with Crippen LogP contribution in [-0.4, -0.2) is 0 Å². The molecule has 0 bridgehead atoms. The summed E-state index contributed by atoms with van der Waals surface area (Å²) in [5.74, 6) is 0. The minimum Gasteiger partial charge on any atom is -0.455 e. The van der Waals surface area contributed by atoms with Crippen LogP contribution in [0.1, 0.15) is 12.3 Å². The molecule has 0 amide bonds. The minimum atomic E-state index is -0.630. The van der Waals surface area contributed by atoms with E-state index in [9.17, 15) is 5.48 Å². The van der Waals surface area contributed by atoms with Gasteiger partial charge in [-0.3, -0.25) is 0 Å². The van der Waals surface area contributed by atoms with Gasteiger partial charge in [-0.15, -0.1) is 0 Å². The van der Waals surface area contributed by atoms with E-state index < -0.39 is 59.9 Å². The summed E-state index contributed by atoms with van der Waals surface area (Å²) in [6.07, 6.45) is 0. The molecule has 0 fully saturated rings. The van der Waals surface area contributed by atoms with E-state index in [0.29, 0.717) is 27.9 Å².